The molecule has 0 bridgehead atoms. The van der Waals surface area contributed by atoms with E-state index in [1.165, 1.54) is 50.8 Å². The Morgan fingerprint density at radius 3 is 2.53 bits per heavy atom. The lowest BCUT2D eigenvalue weighted by Gasteiger charge is -2.42. The van der Waals surface area contributed by atoms with E-state index in [9.17, 15) is 0 Å². The SMILES string of the molecule is CCCNC1CCC(C(C)(C)C)CC1CCCSC. The second kappa shape index (κ2) is 8.56. The number of hydrogen-bond acceptors (Lipinski definition) is 2. The fourth-order valence-electron chi connectivity index (χ4n) is 3.46. The van der Waals surface area contributed by atoms with Crippen LogP contribution in [0.2, 0.25) is 0 Å². The van der Waals surface area contributed by atoms with Crippen molar-refractivity contribution >= 4 is 11.8 Å². The molecule has 2 heteroatoms. The van der Waals surface area contributed by atoms with Crippen molar-refractivity contribution in [2.75, 3.05) is 18.6 Å². The fourth-order valence-corrected chi connectivity index (χ4v) is 3.91. The van der Waals surface area contributed by atoms with Crippen LogP contribution in [0, 0.1) is 17.3 Å². The molecule has 1 aliphatic rings. The van der Waals surface area contributed by atoms with Gasteiger partial charge in [0.05, 0.1) is 0 Å². The maximum atomic E-state index is 3.81. The first-order valence-corrected chi connectivity index (χ1v) is 9.60. The van der Waals surface area contributed by atoms with Gasteiger partial charge in [0.1, 0.15) is 0 Å². The van der Waals surface area contributed by atoms with Crippen molar-refractivity contribution in [1.29, 1.82) is 0 Å². The Balaban J connectivity index is 2.52. The predicted molar refractivity (Wildman–Crippen MR) is 90.0 cm³/mol. The average Bonchev–Trinajstić information content (AvgIpc) is 2.36. The zero-order valence-corrected chi connectivity index (χ0v) is 14.6. The lowest BCUT2D eigenvalue weighted by atomic mass is 9.66. The fraction of sp³-hybridized carbons (Fsp3) is 1.00. The Morgan fingerprint density at radius 2 is 1.95 bits per heavy atom. The molecular weight excluding hydrogens is 250 g/mol. The van der Waals surface area contributed by atoms with Crippen LogP contribution in [0.4, 0.5) is 0 Å². The highest BCUT2D eigenvalue weighted by Gasteiger charge is 2.35. The molecule has 1 rings (SSSR count). The van der Waals surface area contributed by atoms with Crippen LogP contribution in [-0.2, 0) is 0 Å². The number of hydrogen-bond donors (Lipinski definition) is 1. The Labute approximate surface area is 125 Å². The summed E-state index contributed by atoms with van der Waals surface area (Å²) in [5.74, 6) is 3.17. The van der Waals surface area contributed by atoms with Crippen molar-refractivity contribution in [1.82, 2.24) is 5.32 Å². The van der Waals surface area contributed by atoms with E-state index in [4.69, 9.17) is 0 Å². The van der Waals surface area contributed by atoms with Crippen molar-refractivity contribution in [2.24, 2.45) is 17.3 Å². The predicted octanol–water partition coefficient (Wildman–Crippen LogP) is 4.96. The van der Waals surface area contributed by atoms with Crippen LogP contribution < -0.4 is 5.32 Å². The number of rotatable bonds is 7. The largest absolute Gasteiger partial charge is 0.314 e. The normalized spacial score (nSPS) is 28.6. The first-order valence-electron chi connectivity index (χ1n) is 8.21. The van der Waals surface area contributed by atoms with Crippen molar-refractivity contribution in [3.05, 3.63) is 0 Å². The monoisotopic (exact) mass is 285 g/mol. The second-order valence-corrected chi connectivity index (χ2v) is 8.32. The molecule has 114 valence electrons. The molecule has 1 N–H and O–H groups in total. The highest BCUT2D eigenvalue weighted by molar-refractivity contribution is 7.98. The summed E-state index contributed by atoms with van der Waals surface area (Å²) in [5.41, 5.74) is 0.494. The smallest absolute Gasteiger partial charge is 0.00955 e. The molecule has 19 heavy (non-hydrogen) atoms. The number of nitrogens with one attached hydrogen (secondary N) is 1. The van der Waals surface area contributed by atoms with Gasteiger partial charge < -0.3 is 5.32 Å². The summed E-state index contributed by atoms with van der Waals surface area (Å²) >= 11 is 2.00. The molecule has 0 spiro atoms. The van der Waals surface area contributed by atoms with E-state index in [1.54, 1.807) is 0 Å². The first-order chi connectivity index (χ1) is 8.99. The molecule has 3 unspecified atom stereocenters. The van der Waals surface area contributed by atoms with Crippen molar-refractivity contribution < 1.29 is 0 Å². The lowest BCUT2D eigenvalue weighted by molar-refractivity contribution is 0.109. The topological polar surface area (TPSA) is 12.0 Å². The summed E-state index contributed by atoms with van der Waals surface area (Å²) in [7, 11) is 0. The maximum absolute atomic E-state index is 3.81. The summed E-state index contributed by atoms with van der Waals surface area (Å²) in [6.45, 7) is 10.8. The minimum absolute atomic E-state index is 0.494. The highest BCUT2D eigenvalue weighted by atomic mass is 32.2. The van der Waals surface area contributed by atoms with Gasteiger partial charge in [0.15, 0.2) is 0 Å². The summed E-state index contributed by atoms with van der Waals surface area (Å²) in [5, 5.41) is 3.81. The third-order valence-corrected chi connectivity index (χ3v) is 5.48. The minimum atomic E-state index is 0.494. The molecule has 1 fully saturated rings. The molecule has 1 aliphatic carbocycles. The Hall–Kier alpha value is 0.310. The molecule has 1 saturated carbocycles. The summed E-state index contributed by atoms with van der Waals surface area (Å²) in [6, 6.07) is 0.792. The second-order valence-electron chi connectivity index (χ2n) is 7.33. The molecule has 0 saturated heterocycles. The van der Waals surface area contributed by atoms with Gasteiger partial charge >= 0.3 is 0 Å². The van der Waals surface area contributed by atoms with Gasteiger partial charge in [0.25, 0.3) is 0 Å². The van der Waals surface area contributed by atoms with Gasteiger partial charge in [0, 0.05) is 6.04 Å². The molecule has 3 atom stereocenters. The maximum Gasteiger partial charge on any atom is 0.00955 e. The van der Waals surface area contributed by atoms with E-state index in [0.29, 0.717) is 5.41 Å². The Bertz CT molecular complexity index is 234. The van der Waals surface area contributed by atoms with Crippen LogP contribution in [0.25, 0.3) is 0 Å². The average molecular weight is 286 g/mol. The van der Waals surface area contributed by atoms with Gasteiger partial charge in [-0.15, -0.1) is 0 Å². The quantitative estimate of drug-likeness (QED) is 0.663. The molecule has 0 radical (unpaired) electrons. The molecule has 0 aromatic carbocycles. The zero-order valence-electron chi connectivity index (χ0n) is 13.8. The van der Waals surface area contributed by atoms with Crippen molar-refractivity contribution in [3.63, 3.8) is 0 Å². The molecule has 0 heterocycles. The third-order valence-electron chi connectivity index (χ3n) is 4.79. The van der Waals surface area contributed by atoms with Crippen molar-refractivity contribution in [2.45, 2.75) is 72.3 Å². The van der Waals surface area contributed by atoms with Crippen molar-refractivity contribution in [3.8, 4) is 0 Å². The molecular formula is C17H35NS. The summed E-state index contributed by atoms with van der Waals surface area (Å²) in [6.07, 6.45) is 10.6. The van der Waals surface area contributed by atoms with Crippen LogP contribution in [0.5, 0.6) is 0 Å². The molecule has 0 amide bonds. The van der Waals surface area contributed by atoms with E-state index >= 15 is 0 Å². The van der Waals surface area contributed by atoms with Crippen LogP contribution in [0.1, 0.15) is 66.2 Å². The van der Waals surface area contributed by atoms with E-state index in [-0.39, 0.29) is 0 Å². The van der Waals surface area contributed by atoms with Crippen LogP contribution in [-0.4, -0.2) is 24.6 Å². The van der Waals surface area contributed by atoms with Gasteiger partial charge in [-0.25, -0.2) is 0 Å². The lowest BCUT2D eigenvalue weighted by Crippen LogP contribution is -2.43. The van der Waals surface area contributed by atoms with E-state index in [2.05, 4.69) is 39.3 Å². The van der Waals surface area contributed by atoms with E-state index in [0.717, 1.165) is 17.9 Å². The molecule has 0 aliphatic heterocycles. The highest BCUT2D eigenvalue weighted by Crippen LogP contribution is 2.41. The summed E-state index contributed by atoms with van der Waals surface area (Å²) in [4.78, 5) is 0. The Kier molecular flexibility index (Phi) is 7.83. The van der Waals surface area contributed by atoms with E-state index < -0.39 is 0 Å². The van der Waals surface area contributed by atoms with Gasteiger partial charge in [0.2, 0.25) is 0 Å². The van der Waals surface area contributed by atoms with Crippen LogP contribution >= 0.6 is 11.8 Å². The summed E-state index contributed by atoms with van der Waals surface area (Å²) < 4.78 is 0. The Morgan fingerprint density at radius 1 is 1.21 bits per heavy atom. The third kappa shape index (κ3) is 6.08. The van der Waals surface area contributed by atoms with E-state index in [1.807, 2.05) is 11.8 Å². The molecule has 1 nitrogen and oxygen atoms in total. The van der Waals surface area contributed by atoms with Gasteiger partial charge in [-0.2, -0.15) is 11.8 Å². The standard InChI is InChI=1S/C17H35NS/c1-6-11-18-16-10-9-15(17(2,3)4)13-14(16)8-7-12-19-5/h14-16,18H,6-13H2,1-5H3. The zero-order chi connectivity index (χ0) is 14.3. The van der Waals surface area contributed by atoms with Gasteiger partial charge in [-0.3, -0.25) is 0 Å². The van der Waals surface area contributed by atoms with Crippen LogP contribution in [0.15, 0.2) is 0 Å². The van der Waals surface area contributed by atoms with Gasteiger partial charge in [-0.05, 0) is 74.3 Å². The van der Waals surface area contributed by atoms with Gasteiger partial charge in [-0.1, -0.05) is 27.7 Å². The molecule has 0 aromatic heterocycles. The molecule has 0 aromatic rings. The minimum Gasteiger partial charge on any atom is -0.314 e. The van der Waals surface area contributed by atoms with Crippen LogP contribution in [0.3, 0.4) is 0 Å². The number of thioether (sulfide) groups is 1. The first kappa shape index (κ1) is 17.4.